The van der Waals surface area contributed by atoms with Crippen LogP contribution in [0, 0.1) is 0 Å². The fourth-order valence-electron chi connectivity index (χ4n) is 1.23. The zero-order chi connectivity index (χ0) is 12.1. The first-order chi connectivity index (χ1) is 8.24. The number of aromatic amines is 1. The smallest absolute Gasteiger partial charge is 0.413 e. The lowest BCUT2D eigenvalue weighted by Gasteiger charge is -2.04. The van der Waals surface area contributed by atoms with Crippen LogP contribution in [-0.2, 0) is 11.3 Å². The highest BCUT2D eigenvalue weighted by molar-refractivity contribution is 6.29. The molecule has 88 valence electrons. The Morgan fingerprint density at radius 1 is 1.41 bits per heavy atom. The van der Waals surface area contributed by atoms with E-state index in [9.17, 15) is 4.79 Å². The molecule has 1 aromatic carbocycles. The third-order valence-corrected chi connectivity index (χ3v) is 2.18. The first-order valence-corrected chi connectivity index (χ1v) is 5.30. The average molecular weight is 252 g/mol. The summed E-state index contributed by atoms with van der Waals surface area (Å²) in [6, 6.07) is 10.9. The molecule has 0 aliphatic rings. The molecule has 0 aliphatic heterocycles. The number of aromatic nitrogens is 2. The molecule has 0 saturated carbocycles. The van der Waals surface area contributed by atoms with E-state index in [1.807, 2.05) is 30.3 Å². The van der Waals surface area contributed by atoms with Gasteiger partial charge in [-0.15, -0.1) is 0 Å². The van der Waals surface area contributed by atoms with E-state index in [4.69, 9.17) is 16.3 Å². The first-order valence-electron chi connectivity index (χ1n) is 4.92. The third-order valence-electron chi connectivity index (χ3n) is 1.99. The van der Waals surface area contributed by atoms with Crippen molar-refractivity contribution in [1.29, 1.82) is 0 Å². The second-order valence-electron chi connectivity index (χ2n) is 3.29. The molecule has 6 heteroatoms. The summed E-state index contributed by atoms with van der Waals surface area (Å²) in [6.45, 7) is 0.213. The topological polar surface area (TPSA) is 67.0 Å². The van der Waals surface area contributed by atoms with E-state index < -0.39 is 6.09 Å². The Morgan fingerprint density at radius 2 is 2.18 bits per heavy atom. The highest BCUT2D eigenvalue weighted by Gasteiger charge is 2.06. The number of carbonyl (C=O) groups excluding carboxylic acids is 1. The standard InChI is InChI=1S/C11H10ClN3O2/c12-9-6-10(15-14-9)13-11(16)17-7-8-4-2-1-3-5-8/h1-6H,7H2,(H2,13,14,15,16). The SMILES string of the molecule is O=C(Nc1cc(Cl)[nH]n1)OCc1ccccc1. The molecule has 0 fully saturated rings. The summed E-state index contributed by atoms with van der Waals surface area (Å²) in [5.74, 6) is 0.327. The largest absolute Gasteiger partial charge is 0.444 e. The first kappa shape index (κ1) is 11.5. The minimum atomic E-state index is -0.572. The van der Waals surface area contributed by atoms with Crippen molar-refractivity contribution in [1.82, 2.24) is 10.2 Å². The number of halogens is 1. The maximum Gasteiger partial charge on any atom is 0.413 e. The number of anilines is 1. The van der Waals surface area contributed by atoms with E-state index in [1.54, 1.807) is 0 Å². The molecule has 1 amide bonds. The molecule has 2 N–H and O–H groups in total. The molecule has 5 nitrogen and oxygen atoms in total. The van der Waals surface area contributed by atoms with Gasteiger partial charge in [-0.1, -0.05) is 41.9 Å². The van der Waals surface area contributed by atoms with E-state index in [2.05, 4.69) is 15.5 Å². The van der Waals surface area contributed by atoms with Crippen LogP contribution in [0.2, 0.25) is 5.15 Å². The second kappa shape index (κ2) is 5.36. The number of rotatable bonds is 3. The zero-order valence-electron chi connectivity index (χ0n) is 8.81. The van der Waals surface area contributed by atoms with E-state index in [0.29, 0.717) is 11.0 Å². The number of amides is 1. The number of H-pyrrole nitrogens is 1. The summed E-state index contributed by atoms with van der Waals surface area (Å²) in [5.41, 5.74) is 0.919. The monoisotopic (exact) mass is 251 g/mol. The van der Waals surface area contributed by atoms with Crippen molar-refractivity contribution in [3.05, 3.63) is 47.1 Å². The van der Waals surface area contributed by atoms with Gasteiger partial charge in [0.1, 0.15) is 11.8 Å². The second-order valence-corrected chi connectivity index (χ2v) is 3.70. The van der Waals surface area contributed by atoms with Gasteiger partial charge < -0.3 is 4.74 Å². The molecule has 1 heterocycles. The lowest BCUT2D eigenvalue weighted by Crippen LogP contribution is -2.13. The maximum absolute atomic E-state index is 11.4. The van der Waals surface area contributed by atoms with Crippen LogP contribution in [-0.4, -0.2) is 16.3 Å². The highest BCUT2D eigenvalue weighted by atomic mass is 35.5. The summed E-state index contributed by atoms with van der Waals surface area (Å²) < 4.78 is 4.99. The number of nitrogens with zero attached hydrogens (tertiary/aromatic N) is 1. The molecule has 0 atom stereocenters. The summed E-state index contributed by atoms with van der Waals surface area (Å²) in [4.78, 5) is 11.4. The van der Waals surface area contributed by atoms with Crippen molar-refractivity contribution in [2.24, 2.45) is 0 Å². The molecule has 2 rings (SSSR count). The van der Waals surface area contributed by atoms with Crippen molar-refractivity contribution in [2.45, 2.75) is 6.61 Å². The molecule has 0 radical (unpaired) electrons. The number of ether oxygens (including phenoxy) is 1. The fourth-order valence-corrected chi connectivity index (χ4v) is 1.37. The number of hydrogen-bond acceptors (Lipinski definition) is 3. The lowest BCUT2D eigenvalue weighted by molar-refractivity contribution is 0.155. The molecule has 0 saturated heterocycles. The van der Waals surface area contributed by atoms with Crippen LogP contribution in [0.25, 0.3) is 0 Å². The molecule has 1 aromatic heterocycles. The van der Waals surface area contributed by atoms with Gasteiger partial charge in [-0.25, -0.2) is 4.79 Å². The summed E-state index contributed by atoms with van der Waals surface area (Å²) in [6.07, 6.45) is -0.572. The highest BCUT2D eigenvalue weighted by Crippen LogP contribution is 2.10. The van der Waals surface area contributed by atoms with Crippen molar-refractivity contribution in [3.63, 3.8) is 0 Å². The van der Waals surface area contributed by atoms with Crippen molar-refractivity contribution in [3.8, 4) is 0 Å². The molecular formula is C11H10ClN3O2. The van der Waals surface area contributed by atoms with E-state index in [-0.39, 0.29) is 6.61 Å². The molecule has 0 spiro atoms. The van der Waals surface area contributed by atoms with Gasteiger partial charge in [-0.3, -0.25) is 10.4 Å². The number of benzene rings is 1. The van der Waals surface area contributed by atoms with Gasteiger partial charge in [0, 0.05) is 6.07 Å². The van der Waals surface area contributed by atoms with E-state index >= 15 is 0 Å². The predicted molar refractivity (Wildman–Crippen MR) is 63.8 cm³/mol. The molecule has 0 unspecified atom stereocenters. The third kappa shape index (κ3) is 3.49. The van der Waals surface area contributed by atoms with Crippen LogP contribution < -0.4 is 5.32 Å². The Morgan fingerprint density at radius 3 is 2.82 bits per heavy atom. The van der Waals surface area contributed by atoms with Crippen molar-refractivity contribution >= 4 is 23.5 Å². The molecule has 0 aliphatic carbocycles. The Bertz CT molecular complexity index is 498. The average Bonchev–Trinajstić information content (AvgIpc) is 2.73. The van der Waals surface area contributed by atoms with Gasteiger partial charge in [0.15, 0.2) is 5.82 Å². The Hall–Kier alpha value is -2.01. The van der Waals surface area contributed by atoms with Gasteiger partial charge in [-0.2, -0.15) is 5.10 Å². The van der Waals surface area contributed by atoms with Gasteiger partial charge in [0.2, 0.25) is 0 Å². The fraction of sp³-hybridized carbons (Fsp3) is 0.0909. The molecule has 0 bridgehead atoms. The number of nitrogens with one attached hydrogen (secondary N) is 2. The van der Waals surface area contributed by atoms with Gasteiger partial charge in [0.05, 0.1) is 0 Å². The molecule has 2 aromatic rings. The van der Waals surface area contributed by atoms with Gasteiger partial charge in [0.25, 0.3) is 0 Å². The number of carbonyl (C=O) groups is 1. The minimum Gasteiger partial charge on any atom is -0.444 e. The van der Waals surface area contributed by atoms with E-state index in [1.165, 1.54) is 6.07 Å². The minimum absolute atomic E-state index is 0.213. The van der Waals surface area contributed by atoms with Crippen molar-refractivity contribution < 1.29 is 9.53 Å². The van der Waals surface area contributed by atoms with Crippen molar-refractivity contribution in [2.75, 3.05) is 5.32 Å². The molecular weight excluding hydrogens is 242 g/mol. The van der Waals surface area contributed by atoms with Crippen LogP contribution in [0.5, 0.6) is 0 Å². The Balaban J connectivity index is 1.82. The van der Waals surface area contributed by atoms with Gasteiger partial charge >= 0.3 is 6.09 Å². The van der Waals surface area contributed by atoms with Crippen LogP contribution in [0.4, 0.5) is 10.6 Å². The zero-order valence-corrected chi connectivity index (χ0v) is 9.57. The Kier molecular flexibility index (Phi) is 3.62. The predicted octanol–water partition coefficient (Wildman–Crippen LogP) is 2.81. The lowest BCUT2D eigenvalue weighted by atomic mass is 10.2. The number of hydrogen-bond donors (Lipinski definition) is 2. The normalized spacial score (nSPS) is 9.94. The summed E-state index contributed by atoms with van der Waals surface area (Å²) in [5, 5.41) is 9.03. The summed E-state index contributed by atoms with van der Waals surface area (Å²) >= 11 is 5.61. The van der Waals surface area contributed by atoms with Crippen LogP contribution >= 0.6 is 11.6 Å². The van der Waals surface area contributed by atoms with E-state index in [0.717, 1.165) is 5.56 Å². The van der Waals surface area contributed by atoms with Gasteiger partial charge in [-0.05, 0) is 5.56 Å². The van der Waals surface area contributed by atoms with Crippen LogP contribution in [0.1, 0.15) is 5.56 Å². The molecule has 17 heavy (non-hydrogen) atoms. The quantitative estimate of drug-likeness (QED) is 0.881. The van der Waals surface area contributed by atoms with Crippen LogP contribution in [0.15, 0.2) is 36.4 Å². The maximum atomic E-state index is 11.4. The Labute approximate surface area is 103 Å². The summed E-state index contributed by atoms with van der Waals surface area (Å²) in [7, 11) is 0. The van der Waals surface area contributed by atoms with Crippen LogP contribution in [0.3, 0.4) is 0 Å².